The molecule has 112 valence electrons. The van der Waals surface area contributed by atoms with E-state index in [9.17, 15) is 14.7 Å². The smallest absolute Gasteiger partial charge is 0.329 e. The Labute approximate surface area is 122 Å². The molecule has 0 atom stereocenters. The van der Waals surface area contributed by atoms with Gasteiger partial charge >= 0.3 is 11.8 Å². The number of hydrazone groups is 1. The molecule has 0 radical (unpaired) electrons. The molecule has 0 bridgehead atoms. The van der Waals surface area contributed by atoms with Gasteiger partial charge in [-0.15, -0.1) is 0 Å². The fourth-order valence-corrected chi connectivity index (χ4v) is 1.67. The first-order valence-corrected chi connectivity index (χ1v) is 6.53. The molecular weight excluding hydrogens is 274 g/mol. The maximum Gasteiger partial charge on any atom is 0.329 e. The van der Waals surface area contributed by atoms with Crippen molar-refractivity contribution >= 4 is 17.5 Å². The van der Waals surface area contributed by atoms with Crippen molar-refractivity contribution < 1.29 is 19.4 Å². The zero-order valence-electron chi connectivity index (χ0n) is 11.8. The van der Waals surface area contributed by atoms with E-state index < -0.39 is 11.8 Å². The van der Waals surface area contributed by atoms with E-state index in [0.717, 1.165) is 12.8 Å². The molecule has 1 aromatic carbocycles. The van der Waals surface area contributed by atoms with E-state index in [2.05, 4.69) is 15.8 Å². The van der Waals surface area contributed by atoms with Gasteiger partial charge in [0.2, 0.25) is 0 Å². The summed E-state index contributed by atoms with van der Waals surface area (Å²) >= 11 is 0. The van der Waals surface area contributed by atoms with E-state index in [1.807, 2.05) is 0 Å². The van der Waals surface area contributed by atoms with Crippen molar-refractivity contribution in [2.24, 2.45) is 5.10 Å². The fourth-order valence-electron chi connectivity index (χ4n) is 1.67. The van der Waals surface area contributed by atoms with Crippen molar-refractivity contribution in [1.82, 2.24) is 10.7 Å². The second kappa shape index (κ2) is 6.25. The number of rotatable bonds is 4. The number of nitrogens with zero attached hydrogens (tertiary/aromatic N) is 1. The maximum absolute atomic E-state index is 11.5. The summed E-state index contributed by atoms with van der Waals surface area (Å²) in [7, 11) is 1.49. The zero-order chi connectivity index (χ0) is 15.4. The second-order valence-corrected chi connectivity index (χ2v) is 4.77. The third-order valence-electron chi connectivity index (χ3n) is 3.04. The van der Waals surface area contributed by atoms with Crippen molar-refractivity contribution in [2.45, 2.75) is 25.8 Å². The number of amides is 2. The molecule has 21 heavy (non-hydrogen) atoms. The minimum Gasteiger partial charge on any atom is -0.507 e. The Morgan fingerprint density at radius 1 is 1.33 bits per heavy atom. The van der Waals surface area contributed by atoms with E-state index in [-0.39, 0.29) is 11.8 Å². The van der Waals surface area contributed by atoms with Crippen LogP contribution in [0.25, 0.3) is 0 Å². The summed E-state index contributed by atoms with van der Waals surface area (Å²) < 4.78 is 4.98. The van der Waals surface area contributed by atoms with E-state index in [4.69, 9.17) is 4.74 Å². The first-order valence-electron chi connectivity index (χ1n) is 6.53. The number of methoxy groups -OCH3 is 1. The highest BCUT2D eigenvalue weighted by Gasteiger charge is 2.26. The molecule has 2 amide bonds. The van der Waals surface area contributed by atoms with Gasteiger partial charge in [0.1, 0.15) is 11.5 Å². The van der Waals surface area contributed by atoms with Crippen molar-refractivity contribution in [2.75, 3.05) is 7.11 Å². The van der Waals surface area contributed by atoms with Gasteiger partial charge in [0.25, 0.3) is 0 Å². The molecule has 3 N–H and O–H groups in total. The fraction of sp³-hybridized carbons (Fsp3) is 0.357. The van der Waals surface area contributed by atoms with Gasteiger partial charge in [-0.05, 0) is 31.9 Å². The lowest BCUT2D eigenvalue weighted by molar-refractivity contribution is -0.139. The summed E-state index contributed by atoms with van der Waals surface area (Å²) in [5, 5.41) is 16.2. The molecule has 7 nitrogen and oxygen atoms in total. The quantitative estimate of drug-likeness (QED) is 0.428. The Bertz CT molecular complexity index is 594. The molecule has 0 unspecified atom stereocenters. The maximum atomic E-state index is 11.5. The third-order valence-corrected chi connectivity index (χ3v) is 3.04. The van der Waals surface area contributed by atoms with Gasteiger partial charge in [0.15, 0.2) is 0 Å². The van der Waals surface area contributed by atoms with Crippen LogP contribution in [0.4, 0.5) is 0 Å². The number of phenolic OH excluding ortho intramolecular Hbond substituents is 1. The average Bonchev–Trinajstić information content (AvgIpc) is 3.27. The highest BCUT2D eigenvalue weighted by atomic mass is 16.5. The zero-order valence-corrected chi connectivity index (χ0v) is 11.8. The number of carbonyl (C=O) groups excluding carboxylic acids is 2. The average molecular weight is 291 g/mol. The molecule has 1 saturated carbocycles. The summed E-state index contributed by atoms with van der Waals surface area (Å²) in [6.45, 7) is 1.61. The number of hydrogen-bond acceptors (Lipinski definition) is 5. The Morgan fingerprint density at radius 2 is 2.05 bits per heavy atom. The van der Waals surface area contributed by atoms with Crippen LogP contribution in [-0.2, 0) is 9.59 Å². The Morgan fingerprint density at radius 3 is 2.62 bits per heavy atom. The summed E-state index contributed by atoms with van der Waals surface area (Å²) in [6, 6.07) is 4.83. The van der Waals surface area contributed by atoms with Crippen LogP contribution >= 0.6 is 0 Å². The molecule has 0 spiro atoms. The third kappa shape index (κ3) is 3.95. The largest absolute Gasteiger partial charge is 0.507 e. The monoisotopic (exact) mass is 291 g/mol. The van der Waals surface area contributed by atoms with Crippen LogP contribution in [0.2, 0.25) is 0 Å². The van der Waals surface area contributed by atoms with Gasteiger partial charge in [-0.3, -0.25) is 9.59 Å². The van der Waals surface area contributed by atoms with Gasteiger partial charge in [-0.2, -0.15) is 5.10 Å². The molecule has 7 heteroatoms. The molecule has 0 saturated heterocycles. The number of benzene rings is 1. The highest BCUT2D eigenvalue weighted by Crippen LogP contribution is 2.23. The van der Waals surface area contributed by atoms with Gasteiger partial charge in [-0.25, -0.2) is 5.43 Å². The lowest BCUT2D eigenvalue weighted by Gasteiger charge is -2.07. The van der Waals surface area contributed by atoms with Crippen LogP contribution < -0.4 is 15.5 Å². The summed E-state index contributed by atoms with van der Waals surface area (Å²) in [5.41, 5.74) is 2.99. The number of nitrogens with one attached hydrogen (secondary N) is 2. The molecule has 1 aromatic rings. The summed E-state index contributed by atoms with van der Waals surface area (Å²) in [5.74, 6) is -1.04. The molecule has 1 aliphatic carbocycles. The highest BCUT2D eigenvalue weighted by molar-refractivity contribution is 6.35. The molecule has 0 heterocycles. The Kier molecular flexibility index (Phi) is 4.42. The van der Waals surface area contributed by atoms with Crippen molar-refractivity contribution in [3.8, 4) is 11.5 Å². The van der Waals surface area contributed by atoms with Gasteiger partial charge in [0, 0.05) is 17.7 Å². The van der Waals surface area contributed by atoms with Crippen LogP contribution in [0.15, 0.2) is 23.3 Å². The number of hydrogen-bond donors (Lipinski definition) is 3. The number of ether oxygens (including phenoxy) is 1. The molecule has 2 rings (SSSR count). The van der Waals surface area contributed by atoms with Gasteiger partial charge in [-0.1, -0.05) is 0 Å². The van der Waals surface area contributed by atoms with Gasteiger partial charge < -0.3 is 15.2 Å². The van der Waals surface area contributed by atoms with Crippen LogP contribution in [0.5, 0.6) is 11.5 Å². The van der Waals surface area contributed by atoms with E-state index in [1.165, 1.54) is 13.2 Å². The van der Waals surface area contributed by atoms with Crippen LogP contribution in [0.3, 0.4) is 0 Å². The van der Waals surface area contributed by atoms with Crippen LogP contribution in [0, 0.1) is 0 Å². The minimum absolute atomic E-state index is 0.0210. The van der Waals surface area contributed by atoms with E-state index in [1.54, 1.807) is 19.1 Å². The van der Waals surface area contributed by atoms with Crippen molar-refractivity contribution in [3.63, 3.8) is 0 Å². The predicted molar refractivity (Wildman–Crippen MR) is 76.2 cm³/mol. The van der Waals surface area contributed by atoms with Crippen molar-refractivity contribution in [1.29, 1.82) is 0 Å². The minimum atomic E-state index is -0.825. The Hall–Kier alpha value is -2.57. The first-order chi connectivity index (χ1) is 10.0. The molecule has 1 fully saturated rings. The van der Waals surface area contributed by atoms with Crippen LogP contribution in [0.1, 0.15) is 25.3 Å². The normalized spacial score (nSPS) is 14.5. The lowest BCUT2D eigenvalue weighted by Crippen LogP contribution is -2.39. The van der Waals surface area contributed by atoms with Crippen molar-refractivity contribution in [3.05, 3.63) is 23.8 Å². The van der Waals surface area contributed by atoms with Gasteiger partial charge in [0.05, 0.1) is 12.8 Å². The topological polar surface area (TPSA) is 100 Å². The summed E-state index contributed by atoms with van der Waals surface area (Å²) in [6.07, 6.45) is 1.81. The Balaban J connectivity index is 1.99. The van der Waals surface area contributed by atoms with Crippen LogP contribution in [-0.4, -0.2) is 35.8 Å². The molecule has 1 aliphatic rings. The number of phenols is 1. The van der Waals surface area contributed by atoms with E-state index in [0.29, 0.717) is 17.0 Å². The molecular formula is C14H17N3O4. The lowest BCUT2D eigenvalue weighted by atomic mass is 10.1. The predicted octanol–water partition coefficient (Wildman–Crippen LogP) is 0.520. The number of carbonyl (C=O) groups is 2. The summed E-state index contributed by atoms with van der Waals surface area (Å²) in [4.78, 5) is 22.9. The number of aromatic hydroxyl groups is 1. The first kappa shape index (κ1) is 14.8. The molecule has 0 aromatic heterocycles. The standard InChI is InChI=1S/C14H17N3O4/c1-8(11-6-5-10(21-2)7-12(11)18)16-17-14(20)13(19)15-9-3-4-9/h5-7,9,18H,3-4H2,1-2H3,(H,15,19)(H,17,20)/b16-8+. The second-order valence-electron chi connectivity index (χ2n) is 4.77. The van der Waals surface area contributed by atoms with E-state index >= 15 is 0 Å². The molecule has 0 aliphatic heterocycles. The SMILES string of the molecule is COc1ccc(/C(C)=N/NC(=O)C(=O)NC2CC2)c(O)c1.